The van der Waals surface area contributed by atoms with Crippen LogP contribution < -0.4 is 0 Å². The summed E-state index contributed by atoms with van der Waals surface area (Å²) in [5.74, 6) is 1.79. The highest BCUT2D eigenvalue weighted by Crippen LogP contribution is 2.26. The molecular weight excluding hydrogens is 667 g/mol. The molecule has 0 fully saturated rings. The van der Waals surface area contributed by atoms with Crippen molar-refractivity contribution in [2.45, 2.75) is 240 Å². The second kappa shape index (κ2) is 43.1. The van der Waals surface area contributed by atoms with Crippen molar-refractivity contribution < 1.29 is 19.0 Å². The summed E-state index contributed by atoms with van der Waals surface area (Å²) in [5.41, 5.74) is 0. The van der Waals surface area contributed by atoms with Crippen molar-refractivity contribution in [2.75, 3.05) is 46.6 Å². The third-order valence-corrected chi connectivity index (χ3v) is 11.5. The summed E-state index contributed by atoms with van der Waals surface area (Å²) in [4.78, 5) is 15.6. The first kappa shape index (κ1) is 52.9. The molecule has 0 aliphatic heterocycles. The zero-order valence-corrected chi connectivity index (χ0v) is 37.5. The molecule has 2 unspecified atom stereocenters. The van der Waals surface area contributed by atoms with Crippen molar-refractivity contribution in [1.29, 1.82) is 0 Å². The van der Waals surface area contributed by atoms with Gasteiger partial charge in [0.25, 0.3) is 0 Å². The Morgan fingerprint density at radius 1 is 0.426 bits per heavy atom. The fourth-order valence-corrected chi connectivity index (χ4v) is 7.79. The Kier molecular flexibility index (Phi) is 42.2. The standard InChI is InChI=1S/C49H97NO4/c1-7-11-15-19-21-29-37-47(36-27-17-13-9-3)46(5)53-44-33-25-23-31-40-50(42-35-43-52-6)41-32-24-26-34-45-54-49(51)48(38-28-18-14-10-4)39-30-22-20-16-12-8-2/h47-48H,5,7-45H2,1-4,6H3. The Labute approximate surface area is 339 Å². The van der Waals surface area contributed by atoms with E-state index in [1.165, 1.54) is 173 Å². The highest BCUT2D eigenvalue weighted by atomic mass is 16.5. The highest BCUT2D eigenvalue weighted by Gasteiger charge is 2.19. The lowest BCUT2D eigenvalue weighted by Crippen LogP contribution is -2.28. The van der Waals surface area contributed by atoms with E-state index in [-0.39, 0.29) is 11.9 Å². The molecule has 322 valence electrons. The van der Waals surface area contributed by atoms with Crippen molar-refractivity contribution in [2.24, 2.45) is 11.8 Å². The minimum atomic E-state index is 0.0753. The number of esters is 1. The lowest BCUT2D eigenvalue weighted by Gasteiger charge is -2.22. The molecule has 0 aromatic heterocycles. The van der Waals surface area contributed by atoms with Crippen LogP contribution in [0.4, 0.5) is 0 Å². The van der Waals surface area contributed by atoms with Crippen LogP contribution in [0.2, 0.25) is 0 Å². The van der Waals surface area contributed by atoms with Crippen molar-refractivity contribution >= 4 is 5.97 Å². The van der Waals surface area contributed by atoms with Crippen LogP contribution >= 0.6 is 0 Å². The van der Waals surface area contributed by atoms with E-state index in [0.29, 0.717) is 12.5 Å². The number of unbranched alkanes of at least 4 members (excludes halogenated alkanes) is 22. The predicted octanol–water partition coefficient (Wildman–Crippen LogP) is 15.2. The van der Waals surface area contributed by atoms with Crippen LogP contribution in [0, 0.1) is 11.8 Å². The van der Waals surface area contributed by atoms with Crippen molar-refractivity contribution in [3.8, 4) is 0 Å². The van der Waals surface area contributed by atoms with E-state index in [1.807, 2.05) is 0 Å². The molecule has 0 saturated heterocycles. The molecule has 5 heteroatoms. The summed E-state index contributed by atoms with van der Waals surface area (Å²) in [6.45, 7) is 19.2. The number of hydrogen-bond donors (Lipinski definition) is 0. The summed E-state index contributed by atoms with van der Waals surface area (Å²) in [6, 6.07) is 0. The van der Waals surface area contributed by atoms with E-state index in [2.05, 4.69) is 39.2 Å². The molecule has 0 aromatic carbocycles. The molecule has 0 saturated carbocycles. The lowest BCUT2D eigenvalue weighted by atomic mass is 9.93. The predicted molar refractivity (Wildman–Crippen MR) is 236 cm³/mol. The normalized spacial score (nSPS) is 12.7. The van der Waals surface area contributed by atoms with Gasteiger partial charge in [0.2, 0.25) is 0 Å². The number of ether oxygens (including phenoxy) is 3. The first-order chi connectivity index (χ1) is 26.5. The second-order valence-corrected chi connectivity index (χ2v) is 16.7. The Balaban J connectivity index is 4.36. The van der Waals surface area contributed by atoms with Gasteiger partial charge in [0.05, 0.1) is 24.9 Å². The van der Waals surface area contributed by atoms with Crippen molar-refractivity contribution in [3.63, 3.8) is 0 Å². The molecule has 54 heavy (non-hydrogen) atoms. The third-order valence-electron chi connectivity index (χ3n) is 11.5. The summed E-state index contributed by atoms with van der Waals surface area (Å²) < 4.78 is 17.5. The number of methoxy groups -OCH3 is 1. The first-order valence-corrected chi connectivity index (χ1v) is 24.2. The quantitative estimate of drug-likeness (QED) is 0.0351. The summed E-state index contributed by atoms with van der Waals surface area (Å²) >= 11 is 0. The summed E-state index contributed by atoms with van der Waals surface area (Å²) in [7, 11) is 1.81. The Morgan fingerprint density at radius 2 is 0.778 bits per heavy atom. The van der Waals surface area contributed by atoms with Gasteiger partial charge in [-0.05, 0) is 70.9 Å². The van der Waals surface area contributed by atoms with Crippen LogP contribution in [-0.4, -0.2) is 57.4 Å². The molecular formula is C49H97NO4. The van der Waals surface area contributed by atoms with Crippen LogP contribution in [0.1, 0.15) is 240 Å². The fraction of sp³-hybridized carbons (Fsp3) is 0.939. The number of rotatable bonds is 45. The van der Waals surface area contributed by atoms with Crippen molar-refractivity contribution in [1.82, 2.24) is 4.90 Å². The van der Waals surface area contributed by atoms with Crippen LogP contribution in [0.3, 0.4) is 0 Å². The Hall–Kier alpha value is -1.07. The zero-order valence-electron chi connectivity index (χ0n) is 37.5. The molecule has 0 radical (unpaired) electrons. The van der Waals surface area contributed by atoms with Crippen LogP contribution in [0.15, 0.2) is 12.3 Å². The molecule has 0 N–H and O–H groups in total. The van der Waals surface area contributed by atoms with E-state index in [9.17, 15) is 4.79 Å². The maximum absolute atomic E-state index is 13.0. The maximum atomic E-state index is 13.0. The van der Waals surface area contributed by atoms with E-state index in [4.69, 9.17) is 14.2 Å². The second-order valence-electron chi connectivity index (χ2n) is 16.7. The molecule has 0 aliphatic carbocycles. The van der Waals surface area contributed by atoms with Crippen LogP contribution in [0.5, 0.6) is 0 Å². The van der Waals surface area contributed by atoms with Gasteiger partial charge in [0.15, 0.2) is 0 Å². The Morgan fingerprint density at radius 3 is 1.24 bits per heavy atom. The van der Waals surface area contributed by atoms with Gasteiger partial charge in [0.1, 0.15) is 0 Å². The molecule has 0 amide bonds. The van der Waals surface area contributed by atoms with Gasteiger partial charge in [-0.25, -0.2) is 0 Å². The van der Waals surface area contributed by atoms with Gasteiger partial charge in [-0.3, -0.25) is 4.79 Å². The molecule has 0 spiro atoms. The van der Waals surface area contributed by atoms with E-state index < -0.39 is 0 Å². The van der Waals surface area contributed by atoms with Gasteiger partial charge < -0.3 is 19.1 Å². The largest absolute Gasteiger partial charge is 0.498 e. The number of hydrogen-bond acceptors (Lipinski definition) is 5. The molecule has 5 nitrogen and oxygen atoms in total. The van der Waals surface area contributed by atoms with Gasteiger partial charge in [-0.15, -0.1) is 0 Å². The van der Waals surface area contributed by atoms with E-state index >= 15 is 0 Å². The SMILES string of the molecule is C=C(OCCCCCCN(CCCCCCOC(=O)C(CCCCCC)CCCCCCCC)CCCOC)C(CCCCCC)CCCCCCCC. The molecule has 0 aromatic rings. The van der Waals surface area contributed by atoms with Gasteiger partial charge >= 0.3 is 5.97 Å². The first-order valence-electron chi connectivity index (χ1n) is 24.2. The molecule has 0 bridgehead atoms. The van der Waals surface area contributed by atoms with Crippen LogP contribution in [-0.2, 0) is 19.0 Å². The monoisotopic (exact) mass is 764 g/mol. The number of carbonyl (C=O) groups is 1. The average Bonchev–Trinajstić information content (AvgIpc) is 3.17. The zero-order chi connectivity index (χ0) is 39.6. The fourth-order valence-electron chi connectivity index (χ4n) is 7.79. The highest BCUT2D eigenvalue weighted by molar-refractivity contribution is 5.72. The Bertz CT molecular complexity index is 715. The van der Waals surface area contributed by atoms with E-state index in [0.717, 1.165) is 77.0 Å². The third kappa shape index (κ3) is 35.4. The van der Waals surface area contributed by atoms with Gasteiger partial charge in [-0.1, -0.05) is 188 Å². The molecule has 0 heterocycles. The van der Waals surface area contributed by atoms with E-state index in [1.54, 1.807) is 7.11 Å². The number of nitrogens with zero attached hydrogens (tertiary/aromatic N) is 1. The van der Waals surface area contributed by atoms with Gasteiger partial charge in [0, 0.05) is 26.2 Å². The average molecular weight is 764 g/mol. The number of allylic oxidation sites excluding steroid dienone is 1. The molecule has 0 rings (SSSR count). The topological polar surface area (TPSA) is 48.0 Å². The minimum absolute atomic E-state index is 0.0753. The van der Waals surface area contributed by atoms with Crippen molar-refractivity contribution in [3.05, 3.63) is 12.3 Å². The molecule has 2 atom stereocenters. The molecule has 0 aliphatic rings. The summed E-state index contributed by atoms with van der Waals surface area (Å²) in [6.07, 6.45) is 41.1. The van der Waals surface area contributed by atoms with Crippen LogP contribution in [0.25, 0.3) is 0 Å². The maximum Gasteiger partial charge on any atom is 0.308 e. The lowest BCUT2D eigenvalue weighted by molar-refractivity contribution is -0.149. The van der Waals surface area contributed by atoms with Gasteiger partial charge in [-0.2, -0.15) is 0 Å². The minimum Gasteiger partial charge on any atom is -0.498 e. The summed E-state index contributed by atoms with van der Waals surface area (Å²) in [5, 5.41) is 0. The number of carbonyl (C=O) groups excluding carboxylic acids is 1. The smallest absolute Gasteiger partial charge is 0.308 e.